The Labute approximate surface area is 219 Å². The molecule has 1 aromatic carbocycles. The van der Waals surface area contributed by atoms with E-state index in [2.05, 4.69) is 40.1 Å². The standard InChI is InChI=1S/C27H37N5O4S/c33-27(25-18-26(36-30-25)20-6-7-20)29-22-16-23-8-9-24(17-22)32(23)37(34,35)31-14-11-21(12-15-31)28-13-10-19-4-2-1-3-5-19/h1-5,18,20-24,28H,6-17H2,(H,29,33)/t22-,23+,24-. The number of nitrogens with one attached hydrogen (secondary N) is 2. The molecule has 0 unspecified atom stereocenters. The third-order valence-corrected chi connectivity index (χ3v) is 10.6. The highest BCUT2D eigenvalue weighted by molar-refractivity contribution is 7.86. The van der Waals surface area contributed by atoms with Crippen molar-refractivity contribution in [3.05, 3.63) is 53.4 Å². The van der Waals surface area contributed by atoms with Gasteiger partial charge in [0.25, 0.3) is 16.1 Å². The summed E-state index contributed by atoms with van der Waals surface area (Å²) in [5.41, 5.74) is 1.64. The lowest BCUT2D eigenvalue weighted by Crippen LogP contribution is -2.57. The highest BCUT2D eigenvalue weighted by Crippen LogP contribution is 2.41. The highest BCUT2D eigenvalue weighted by Gasteiger charge is 2.49. The average molecular weight is 528 g/mol. The van der Waals surface area contributed by atoms with Crippen LogP contribution in [-0.4, -0.2) is 71.9 Å². The van der Waals surface area contributed by atoms with Gasteiger partial charge in [0.15, 0.2) is 5.69 Å². The molecule has 3 aliphatic heterocycles. The van der Waals surface area contributed by atoms with Gasteiger partial charge < -0.3 is 15.2 Å². The first-order chi connectivity index (χ1) is 18.0. The first-order valence-electron chi connectivity index (χ1n) is 13.8. The Balaban J connectivity index is 0.995. The number of carbonyl (C=O) groups is 1. The van der Waals surface area contributed by atoms with Crippen LogP contribution in [0.1, 0.15) is 79.1 Å². The average Bonchev–Trinajstić information content (AvgIpc) is 3.56. The SMILES string of the molecule is O=C(N[C@H]1C[C@H]2CC[C@@H](C1)N2S(=O)(=O)N1CCC(NCCc2ccccc2)CC1)c1cc(C2CC2)on1. The number of aromatic nitrogens is 1. The molecule has 0 radical (unpaired) electrons. The third-order valence-electron chi connectivity index (χ3n) is 8.48. The van der Waals surface area contributed by atoms with Crippen LogP contribution >= 0.6 is 0 Å². The van der Waals surface area contributed by atoms with Gasteiger partial charge in [-0.2, -0.15) is 17.0 Å². The number of piperidine rings is 2. The van der Waals surface area contributed by atoms with Gasteiger partial charge in [-0.3, -0.25) is 4.79 Å². The van der Waals surface area contributed by atoms with Gasteiger partial charge in [-0.05, 0) is 69.9 Å². The van der Waals surface area contributed by atoms with Crippen LogP contribution in [0.15, 0.2) is 40.9 Å². The second-order valence-electron chi connectivity index (χ2n) is 11.1. The second-order valence-corrected chi connectivity index (χ2v) is 13.0. The van der Waals surface area contributed by atoms with Crippen LogP contribution < -0.4 is 10.6 Å². The summed E-state index contributed by atoms with van der Waals surface area (Å²) in [7, 11) is -3.51. The third kappa shape index (κ3) is 5.48. The molecule has 2 aromatic rings. The normalized spacial score (nSPS) is 27.4. The molecule has 3 saturated heterocycles. The van der Waals surface area contributed by atoms with Crippen LogP contribution in [0.3, 0.4) is 0 Å². The summed E-state index contributed by atoms with van der Waals surface area (Å²) in [6.45, 7) is 2.01. The van der Waals surface area contributed by atoms with Crippen LogP contribution in [0.4, 0.5) is 0 Å². The number of hydrogen-bond donors (Lipinski definition) is 2. The monoisotopic (exact) mass is 527 g/mol. The lowest BCUT2D eigenvalue weighted by Gasteiger charge is -2.42. The van der Waals surface area contributed by atoms with E-state index >= 15 is 0 Å². The van der Waals surface area contributed by atoms with Crippen LogP contribution in [0.2, 0.25) is 0 Å². The van der Waals surface area contributed by atoms with Crippen LogP contribution in [0.25, 0.3) is 0 Å². The van der Waals surface area contributed by atoms with E-state index < -0.39 is 10.2 Å². The Bertz CT molecular complexity index is 1180. The predicted octanol–water partition coefficient (Wildman–Crippen LogP) is 2.82. The fraction of sp³-hybridized carbons (Fsp3) is 0.630. The van der Waals surface area contributed by atoms with Gasteiger partial charge in [0, 0.05) is 49.2 Å². The maximum Gasteiger partial charge on any atom is 0.282 e. The minimum absolute atomic E-state index is 0.0444. The van der Waals surface area contributed by atoms with Gasteiger partial charge in [-0.25, -0.2) is 0 Å². The molecule has 4 heterocycles. The molecule has 1 aromatic heterocycles. The van der Waals surface area contributed by atoms with Crippen molar-refractivity contribution >= 4 is 16.1 Å². The van der Waals surface area contributed by atoms with Crippen molar-refractivity contribution in [2.45, 2.75) is 87.9 Å². The number of carbonyl (C=O) groups excluding carboxylic acids is 1. The van der Waals surface area contributed by atoms with Crippen molar-refractivity contribution in [1.29, 1.82) is 0 Å². The summed E-state index contributed by atoms with van der Waals surface area (Å²) >= 11 is 0. The summed E-state index contributed by atoms with van der Waals surface area (Å²) < 4.78 is 36.1. The van der Waals surface area contributed by atoms with E-state index in [0.29, 0.717) is 43.6 Å². The van der Waals surface area contributed by atoms with Gasteiger partial charge in [-0.1, -0.05) is 35.5 Å². The summed E-state index contributed by atoms with van der Waals surface area (Å²) in [5, 5.41) is 10.7. The van der Waals surface area contributed by atoms with E-state index in [1.807, 2.05) is 6.07 Å². The Morgan fingerprint density at radius 1 is 0.973 bits per heavy atom. The van der Waals surface area contributed by atoms with E-state index in [1.165, 1.54) is 5.56 Å². The molecular formula is C27H37N5O4S. The molecule has 6 rings (SSSR count). The van der Waals surface area contributed by atoms with Crippen molar-refractivity contribution in [2.75, 3.05) is 19.6 Å². The Morgan fingerprint density at radius 2 is 1.68 bits per heavy atom. The first-order valence-corrected chi connectivity index (χ1v) is 15.2. The first kappa shape index (κ1) is 25.0. The van der Waals surface area contributed by atoms with E-state index in [1.54, 1.807) is 14.7 Å². The molecule has 2 bridgehead atoms. The highest BCUT2D eigenvalue weighted by atomic mass is 32.2. The van der Waals surface area contributed by atoms with Crippen LogP contribution in [-0.2, 0) is 16.6 Å². The molecule has 3 atom stereocenters. The minimum Gasteiger partial charge on any atom is -0.360 e. The minimum atomic E-state index is -3.51. The van der Waals surface area contributed by atoms with Crippen LogP contribution in [0, 0.1) is 0 Å². The number of fused-ring (bicyclic) bond motifs is 2. The summed E-state index contributed by atoms with van der Waals surface area (Å²) in [6, 6.07) is 12.4. The van der Waals surface area contributed by atoms with Gasteiger partial charge in [0.1, 0.15) is 5.76 Å². The Morgan fingerprint density at radius 3 is 2.35 bits per heavy atom. The zero-order valence-electron chi connectivity index (χ0n) is 21.2. The number of nitrogens with zero attached hydrogens (tertiary/aromatic N) is 3. The largest absolute Gasteiger partial charge is 0.360 e. The molecule has 2 N–H and O–H groups in total. The quantitative estimate of drug-likeness (QED) is 0.519. The fourth-order valence-electron chi connectivity index (χ4n) is 6.33. The van der Waals surface area contributed by atoms with E-state index in [9.17, 15) is 13.2 Å². The van der Waals surface area contributed by atoms with Gasteiger partial charge >= 0.3 is 0 Å². The molecule has 200 valence electrons. The summed E-state index contributed by atoms with van der Waals surface area (Å²) in [4.78, 5) is 12.7. The summed E-state index contributed by atoms with van der Waals surface area (Å²) in [5.74, 6) is 0.980. The van der Waals surface area contributed by atoms with Crippen molar-refractivity contribution < 1.29 is 17.7 Å². The maximum atomic E-state index is 13.7. The molecular weight excluding hydrogens is 490 g/mol. The zero-order chi connectivity index (χ0) is 25.4. The summed E-state index contributed by atoms with van der Waals surface area (Å²) in [6.07, 6.45) is 7.81. The molecule has 1 saturated carbocycles. The topological polar surface area (TPSA) is 108 Å². The number of rotatable bonds is 9. The van der Waals surface area contributed by atoms with Crippen molar-refractivity contribution in [3.8, 4) is 0 Å². The molecule has 4 aliphatic rings. The Kier molecular flexibility index (Phi) is 7.09. The predicted molar refractivity (Wildman–Crippen MR) is 139 cm³/mol. The molecule has 1 aliphatic carbocycles. The number of amides is 1. The van der Waals surface area contributed by atoms with Crippen molar-refractivity contribution in [1.82, 2.24) is 24.4 Å². The molecule has 9 nitrogen and oxygen atoms in total. The van der Waals surface area contributed by atoms with Crippen molar-refractivity contribution in [2.24, 2.45) is 0 Å². The lowest BCUT2D eigenvalue weighted by molar-refractivity contribution is 0.0897. The smallest absolute Gasteiger partial charge is 0.282 e. The molecule has 1 amide bonds. The van der Waals surface area contributed by atoms with E-state index in [0.717, 1.165) is 57.3 Å². The fourth-order valence-corrected chi connectivity index (χ4v) is 8.41. The van der Waals surface area contributed by atoms with Gasteiger partial charge in [0.05, 0.1) is 0 Å². The van der Waals surface area contributed by atoms with Gasteiger partial charge in [-0.15, -0.1) is 0 Å². The molecule has 37 heavy (non-hydrogen) atoms. The second kappa shape index (κ2) is 10.5. The van der Waals surface area contributed by atoms with Crippen LogP contribution in [0.5, 0.6) is 0 Å². The molecule has 4 fully saturated rings. The molecule has 10 heteroatoms. The van der Waals surface area contributed by atoms with E-state index in [4.69, 9.17) is 4.52 Å². The number of benzene rings is 1. The van der Waals surface area contributed by atoms with Gasteiger partial charge in [0.2, 0.25) is 0 Å². The zero-order valence-corrected chi connectivity index (χ0v) is 22.0. The van der Waals surface area contributed by atoms with Crippen molar-refractivity contribution in [3.63, 3.8) is 0 Å². The maximum absolute atomic E-state index is 13.7. The Hall–Kier alpha value is -2.27. The van der Waals surface area contributed by atoms with E-state index in [-0.39, 0.29) is 24.0 Å². The number of hydrogen-bond acceptors (Lipinski definition) is 6. The lowest BCUT2D eigenvalue weighted by atomic mass is 9.99. The molecule has 0 spiro atoms.